The van der Waals surface area contributed by atoms with Gasteiger partial charge in [0.1, 0.15) is 0 Å². The van der Waals surface area contributed by atoms with Crippen LogP contribution in [0.3, 0.4) is 0 Å². The number of carbonyl (C=O) groups is 1. The number of aryl methyl sites for hydroxylation is 1. The minimum absolute atomic E-state index is 0.568. The van der Waals surface area contributed by atoms with Gasteiger partial charge in [-0.1, -0.05) is 0 Å². The lowest BCUT2D eigenvalue weighted by molar-refractivity contribution is -0.149. The smallest absolute Gasteiger partial charge is 0.309 e. The van der Waals surface area contributed by atoms with E-state index in [1.807, 2.05) is 24.7 Å². The van der Waals surface area contributed by atoms with E-state index < -0.39 is 11.4 Å². The average molecular weight is 223 g/mol. The van der Waals surface area contributed by atoms with E-state index >= 15 is 0 Å². The van der Waals surface area contributed by atoms with Crippen LogP contribution in [0.5, 0.6) is 0 Å². The minimum Gasteiger partial charge on any atom is -0.481 e. The van der Waals surface area contributed by atoms with Crippen molar-refractivity contribution in [2.45, 2.75) is 19.8 Å². The first-order valence-corrected chi connectivity index (χ1v) is 5.49. The second-order valence-corrected chi connectivity index (χ2v) is 4.69. The third-order valence-corrected chi connectivity index (χ3v) is 3.46. The minimum atomic E-state index is -0.688. The third-order valence-electron chi connectivity index (χ3n) is 3.46. The van der Waals surface area contributed by atoms with Crippen LogP contribution >= 0.6 is 0 Å². The second-order valence-electron chi connectivity index (χ2n) is 4.69. The molecule has 2 rings (SSSR count). The molecule has 5 heteroatoms. The van der Waals surface area contributed by atoms with Crippen molar-refractivity contribution < 1.29 is 9.90 Å². The molecule has 5 nitrogen and oxygen atoms in total. The SMILES string of the molecule is Cn1ccnc1N1CCC(C)(C(=O)O)CC1. The Balaban J connectivity index is 2.06. The maximum absolute atomic E-state index is 11.1. The van der Waals surface area contributed by atoms with E-state index in [9.17, 15) is 4.79 Å². The van der Waals surface area contributed by atoms with Crippen molar-refractivity contribution >= 4 is 11.9 Å². The first kappa shape index (κ1) is 11.0. The van der Waals surface area contributed by atoms with Gasteiger partial charge in [0.05, 0.1) is 5.41 Å². The standard InChI is InChI=1S/C11H17N3O2/c1-11(9(15)16)3-6-14(7-4-11)10-12-5-8-13(10)2/h5,8H,3-4,6-7H2,1-2H3,(H,15,16). The molecule has 0 spiro atoms. The molecule has 1 saturated heterocycles. The van der Waals surface area contributed by atoms with Crippen molar-refractivity contribution in [3.8, 4) is 0 Å². The summed E-state index contributed by atoms with van der Waals surface area (Å²) in [5.74, 6) is 0.236. The molecule has 0 amide bonds. The molecule has 1 fully saturated rings. The number of piperidine rings is 1. The fourth-order valence-electron chi connectivity index (χ4n) is 2.08. The Hall–Kier alpha value is -1.52. The zero-order valence-electron chi connectivity index (χ0n) is 9.68. The van der Waals surface area contributed by atoms with Crippen molar-refractivity contribution in [1.29, 1.82) is 0 Å². The van der Waals surface area contributed by atoms with Gasteiger partial charge in [-0.05, 0) is 19.8 Å². The van der Waals surface area contributed by atoms with E-state index in [4.69, 9.17) is 5.11 Å². The lowest BCUT2D eigenvalue weighted by Gasteiger charge is -2.36. The summed E-state index contributed by atoms with van der Waals surface area (Å²) in [7, 11) is 1.95. The van der Waals surface area contributed by atoms with Crippen LogP contribution in [-0.4, -0.2) is 33.7 Å². The normalized spacial score (nSPS) is 19.8. The van der Waals surface area contributed by atoms with Gasteiger partial charge in [0.25, 0.3) is 0 Å². The largest absolute Gasteiger partial charge is 0.481 e. The fraction of sp³-hybridized carbons (Fsp3) is 0.636. The summed E-state index contributed by atoms with van der Waals surface area (Å²) in [6, 6.07) is 0. The fourth-order valence-corrected chi connectivity index (χ4v) is 2.08. The van der Waals surface area contributed by atoms with Gasteiger partial charge in [-0.2, -0.15) is 0 Å². The number of anilines is 1. The van der Waals surface area contributed by atoms with Crippen LogP contribution in [-0.2, 0) is 11.8 Å². The number of aliphatic carboxylic acids is 1. The molecule has 0 unspecified atom stereocenters. The van der Waals surface area contributed by atoms with Crippen LogP contribution in [0, 0.1) is 5.41 Å². The molecule has 0 aromatic carbocycles. The molecule has 2 heterocycles. The summed E-state index contributed by atoms with van der Waals surface area (Å²) in [6.07, 6.45) is 5.02. The van der Waals surface area contributed by atoms with Crippen molar-refractivity contribution in [1.82, 2.24) is 9.55 Å². The zero-order chi connectivity index (χ0) is 11.8. The monoisotopic (exact) mass is 223 g/mol. The van der Waals surface area contributed by atoms with Gasteiger partial charge in [-0.3, -0.25) is 4.79 Å². The second kappa shape index (κ2) is 3.81. The Labute approximate surface area is 94.7 Å². The van der Waals surface area contributed by atoms with E-state index in [0.29, 0.717) is 12.8 Å². The van der Waals surface area contributed by atoms with Gasteiger partial charge >= 0.3 is 5.97 Å². The first-order valence-electron chi connectivity index (χ1n) is 5.49. The molecule has 1 aliphatic rings. The summed E-state index contributed by atoms with van der Waals surface area (Å²) in [5, 5.41) is 9.13. The molecule has 1 aromatic rings. The van der Waals surface area contributed by atoms with Crippen LogP contribution in [0.25, 0.3) is 0 Å². The predicted molar refractivity (Wildman–Crippen MR) is 60.4 cm³/mol. The average Bonchev–Trinajstić information content (AvgIpc) is 2.66. The molecule has 0 bridgehead atoms. The number of carboxylic acids is 1. The van der Waals surface area contributed by atoms with Crippen molar-refractivity contribution in [3.05, 3.63) is 12.4 Å². The van der Waals surface area contributed by atoms with Crippen LogP contribution in [0.4, 0.5) is 5.95 Å². The van der Waals surface area contributed by atoms with Gasteiger partial charge in [0.15, 0.2) is 0 Å². The number of hydrogen-bond donors (Lipinski definition) is 1. The van der Waals surface area contributed by atoms with Gasteiger partial charge in [0.2, 0.25) is 5.95 Å². The highest BCUT2D eigenvalue weighted by molar-refractivity contribution is 5.74. The lowest BCUT2D eigenvalue weighted by atomic mass is 9.80. The first-order chi connectivity index (χ1) is 7.53. The van der Waals surface area contributed by atoms with E-state index in [0.717, 1.165) is 19.0 Å². The van der Waals surface area contributed by atoms with Gasteiger partial charge in [-0.15, -0.1) is 0 Å². The van der Waals surface area contributed by atoms with E-state index in [-0.39, 0.29) is 0 Å². The Morgan fingerprint density at radius 2 is 2.12 bits per heavy atom. The molecule has 1 aromatic heterocycles. The van der Waals surface area contributed by atoms with Crippen LogP contribution in [0.2, 0.25) is 0 Å². The molecule has 0 atom stereocenters. The van der Waals surface area contributed by atoms with Gasteiger partial charge < -0.3 is 14.6 Å². The Kier molecular flexibility index (Phi) is 2.61. The Morgan fingerprint density at radius 1 is 1.50 bits per heavy atom. The maximum Gasteiger partial charge on any atom is 0.309 e. The number of carboxylic acid groups (broad SMARTS) is 1. The van der Waals surface area contributed by atoms with Crippen molar-refractivity contribution in [3.63, 3.8) is 0 Å². The van der Waals surface area contributed by atoms with E-state index in [2.05, 4.69) is 9.88 Å². The molecule has 88 valence electrons. The quantitative estimate of drug-likeness (QED) is 0.816. The van der Waals surface area contributed by atoms with Gasteiger partial charge in [-0.25, -0.2) is 4.98 Å². The number of hydrogen-bond acceptors (Lipinski definition) is 3. The number of nitrogens with zero attached hydrogens (tertiary/aromatic N) is 3. The molecule has 0 saturated carbocycles. The predicted octanol–water partition coefficient (Wildman–Crippen LogP) is 1.11. The molecular weight excluding hydrogens is 206 g/mol. The molecular formula is C11H17N3O2. The van der Waals surface area contributed by atoms with Crippen molar-refractivity contribution in [2.24, 2.45) is 12.5 Å². The third kappa shape index (κ3) is 1.77. The molecule has 1 aliphatic heterocycles. The highest BCUT2D eigenvalue weighted by atomic mass is 16.4. The van der Waals surface area contributed by atoms with Crippen molar-refractivity contribution in [2.75, 3.05) is 18.0 Å². The van der Waals surface area contributed by atoms with Gasteiger partial charge in [0, 0.05) is 32.5 Å². The number of imidazole rings is 1. The highest BCUT2D eigenvalue weighted by Crippen LogP contribution is 2.32. The Bertz CT molecular complexity index is 392. The topological polar surface area (TPSA) is 58.4 Å². The summed E-state index contributed by atoms with van der Waals surface area (Å²) >= 11 is 0. The van der Waals surface area contributed by atoms with E-state index in [1.165, 1.54) is 0 Å². The molecule has 1 N–H and O–H groups in total. The number of rotatable bonds is 2. The molecule has 0 radical (unpaired) electrons. The Morgan fingerprint density at radius 3 is 2.56 bits per heavy atom. The zero-order valence-corrected chi connectivity index (χ0v) is 9.68. The lowest BCUT2D eigenvalue weighted by Crippen LogP contribution is -2.43. The molecule has 16 heavy (non-hydrogen) atoms. The van der Waals surface area contributed by atoms with Crippen LogP contribution in [0.1, 0.15) is 19.8 Å². The van der Waals surface area contributed by atoms with Crippen LogP contribution < -0.4 is 4.90 Å². The highest BCUT2D eigenvalue weighted by Gasteiger charge is 2.37. The summed E-state index contributed by atoms with van der Waals surface area (Å²) in [5.41, 5.74) is -0.568. The number of aromatic nitrogens is 2. The summed E-state index contributed by atoms with van der Waals surface area (Å²) in [4.78, 5) is 17.5. The molecule has 0 aliphatic carbocycles. The van der Waals surface area contributed by atoms with Crippen LogP contribution in [0.15, 0.2) is 12.4 Å². The summed E-state index contributed by atoms with van der Waals surface area (Å²) in [6.45, 7) is 3.34. The van der Waals surface area contributed by atoms with E-state index in [1.54, 1.807) is 6.20 Å². The summed E-state index contributed by atoms with van der Waals surface area (Å²) < 4.78 is 1.96. The maximum atomic E-state index is 11.1.